The second-order valence-corrected chi connectivity index (χ2v) is 5.39. The van der Waals surface area contributed by atoms with Crippen molar-refractivity contribution in [2.75, 3.05) is 19.6 Å². The number of β-amino-alcohol motifs (C(OH)–C–C–N with tert-alkyl or cyclic N) is 1. The Kier molecular flexibility index (Phi) is 7.30. The van der Waals surface area contributed by atoms with Crippen molar-refractivity contribution in [1.29, 1.82) is 0 Å². The minimum atomic E-state index is -0.227. The molecule has 2 rings (SSSR count). The van der Waals surface area contributed by atoms with Crippen LogP contribution in [0.15, 0.2) is 24.3 Å². The summed E-state index contributed by atoms with van der Waals surface area (Å²) in [5.41, 5.74) is 1.16. The molecular weight excluding hydrogens is 276 g/mol. The number of aliphatic hydroxyl groups excluding tert-OH is 1. The first-order chi connectivity index (χ1) is 9.16. The summed E-state index contributed by atoms with van der Waals surface area (Å²) in [6.45, 7) is 7.25. The molecule has 1 heterocycles. The van der Waals surface area contributed by atoms with Gasteiger partial charge in [0.2, 0.25) is 0 Å². The van der Waals surface area contributed by atoms with Gasteiger partial charge in [-0.15, -0.1) is 12.4 Å². The van der Waals surface area contributed by atoms with E-state index in [1.165, 1.54) is 0 Å². The highest BCUT2D eigenvalue weighted by molar-refractivity contribution is 5.85. The van der Waals surface area contributed by atoms with E-state index in [1.807, 2.05) is 32.0 Å². The fourth-order valence-corrected chi connectivity index (χ4v) is 2.34. The minimum Gasteiger partial charge on any atom is -0.491 e. The van der Waals surface area contributed by atoms with Gasteiger partial charge in [-0.3, -0.25) is 0 Å². The van der Waals surface area contributed by atoms with Gasteiger partial charge in [-0.1, -0.05) is 18.2 Å². The molecule has 0 amide bonds. The summed E-state index contributed by atoms with van der Waals surface area (Å²) in [4.78, 5) is 0. The lowest BCUT2D eigenvalue weighted by molar-refractivity contribution is 0.146. The second kappa shape index (κ2) is 8.47. The zero-order valence-corrected chi connectivity index (χ0v) is 13.0. The molecule has 1 aliphatic heterocycles. The molecule has 1 saturated heterocycles. The second-order valence-electron chi connectivity index (χ2n) is 5.39. The molecule has 0 aromatic heterocycles. The van der Waals surface area contributed by atoms with Crippen molar-refractivity contribution < 1.29 is 9.84 Å². The number of hydrogen-bond donors (Lipinski definition) is 3. The third-order valence-corrected chi connectivity index (χ3v) is 3.36. The number of para-hydroxylation sites is 1. The largest absolute Gasteiger partial charge is 0.491 e. The quantitative estimate of drug-likeness (QED) is 0.746. The molecule has 0 bridgehead atoms. The molecule has 4 nitrogen and oxygen atoms in total. The van der Waals surface area contributed by atoms with Crippen LogP contribution in [0, 0.1) is 5.92 Å². The van der Waals surface area contributed by atoms with Crippen LogP contribution in [-0.4, -0.2) is 36.9 Å². The molecule has 3 N–H and O–H groups in total. The Morgan fingerprint density at radius 1 is 1.35 bits per heavy atom. The van der Waals surface area contributed by atoms with Crippen LogP contribution in [0.2, 0.25) is 0 Å². The maximum absolute atomic E-state index is 9.73. The topological polar surface area (TPSA) is 53.5 Å². The maximum atomic E-state index is 9.73. The average molecular weight is 301 g/mol. The molecule has 1 aromatic rings. The third-order valence-electron chi connectivity index (χ3n) is 3.36. The Morgan fingerprint density at radius 2 is 2.10 bits per heavy atom. The van der Waals surface area contributed by atoms with E-state index in [0.29, 0.717) is 12.5 Å². The normalized spacial score (nSPS) is 21.8. The molecule has 1 aliphatic rings. The standard InChI is InChI=1S/C15H24N2O2.ClH/c1-11(2)19-15-6-4-3-5-12(15)7-16-8-13-9-17-10-14(13)18;/h3-6,11,13-14,16-18H,7-10H2,1-2H3;1H. The number of ether oxygens (including phenoxy) is 1. The Bertz CT molecular complexity index is 401. The number of halogens is 1. The van der Waals surface area contributed by atoms with Gasteiger partial charge in [0.05, 0.1) is 12.2 Å². The molecule has 1 fully saturated rings. The summed E-state index contributed by atoms with van der Waals surface area (Å²) in [5.74, 6) is 1.24. The number of aliphatic hydroxyl groups is 1. The Morgan fingerprint density at radius 3 is 2.75 bits per heavy atom. The van der Waals surface area contributed by atoms with Crippen molar-refractivity contribution in [3.8, 4) is 5.75 Å². The van der Waals surface area contributed by atoms with E-state index < -0.39 is 0 Å². The van der Waals surface area contributed by atoms with Crippen LogP contribution in [0.4, 0.5) is 0 Å². The lowest BCUT2D eigenvalue weighted by atomic mass is 10.1. The summed E-state index contributed by atoms with van der Waals surface area (Å²) >= 11 is 0. The summed E-state index contributed by atoms with van der Waals surface area (Å²) in [5, 5.41) is 16.3. The van der Waals surface area contributed by atoms with Crippen LogP contribution in [0.5, 0.6) is 5.75 Å². The van der Waals surface area contributed by atoms with Crippen molar-refractivity contribution in [1.82, 2.24) is 10.6 Å². The highest BCUT2D eigenvalue weighted by Crippen LogP contribution is 2.19. The van der Waals surface area contributed by atoms with Crippen LogP contribution >= 0.6 is 12.4 Å². The van der Waals surface area contributed by atoms with E-state index in [4.69, 9.17) is 4.74 Å². The maximum Gasteiger partial charge on any atom is 0.124 e. The lowest BCUT2D eigenvalue weighted by Crippen LogP contribution is -2.30. The first kappa shape index (κ1) is 17.2. The van der Waals surface area contributed by atoms with Crippen LogP contribution in [0.25, 0.3) is 0 Å². The molecule has 5 heteroatoms. The lowest BCUT2D eigenvalue weighted by Gasteiger charge is -2.17. The van der Waals surface area contributed by atoms with Gasteiger partial charge in [0.1, 0.15) is 5.75 Å². The van der Waals surface area contributed by atoms with Gasteiger partial charge in [0, 0.05) is 37.7 Å². The molecular formula is C15H25ClN2O2. The number of rotatable bonds is 6. The number of benzene rings is 1. The monoisotopic (exact) mass is 300 g/mol. The van der Waals surface area contributed by atoms with E-state index in [1.54, 1.807) is 0 Å². The van der Waals surface area contributed by atoms with Crippen LogP contribution < -0.4 is 15.4 Å². The highest BCUT2D eigenvalue weighted by Gasteiger charge is 2.24. The summed E-state index contributed by atoms with van der Waals surface area (Å²) in [6, 6.07) is 8.10. The first-order valence-electron chi connectivity index (χ1n) is 7.01. The molecule has 0 spiro atoms. The SMILES string of the molecule is CC(C)Oc1ccccc1CNCC1CNCC1O.Cl. The Labute approximate surface area is 127 Å². The minimum absolute atomic E-state index is 0. The zero-order chi connectivity index (χ0) is 13.7. The van der Waals surface area contributed by atoms with Gasteiger partial charge in [-0.25, -0.2) is 0 Å². The van der Waals surface area contributed by atoms with E-state index in [0.717, 1.165) is 30.9 Å². The van der Waals surface area contributed by atoms with E-state index in [2.05, 4.69) is 16.7 Å². The molecule has 0 aliphatic carbocycles. The van der Waals surface area contributed by atoms with E-state index in [9.17, 15) is 5.11 Å². The first-order valence-corrected chi connectivity index (χ1v) is 7.01. The molecule has 0 saturated carbocycles. The Balaban J connectivity index is 0.00000200. The predicted octanol–water partition coefficient (Wildman–Crippen LogP) is 1.57. The predicted molar refractivity (Wildman–Crippen MR) is 83.5 cm³/mol. The summed E-state index contributed by atoms with van der Waals surface area (Å²) in [6.07, 6.45) is -0.0448. The van der Waals surface area contributed by atoms with Gasteiger partial charge in [0.15, 0.2) is 0 Å². The molecule has 20 heavy (non-hydrogen) atoms. The van der Waals surface area contributed by atoms with E-state index in [-0.39, 0.29) is 24.6 Å². The fourth-order valence-electron chi connectivity index (χ4n) is 2.34. The average Bonchev–Trinajstić information content (AvgIpc) is 2.77. The van der Waals surface area contributed by atoms with Gasteiger partial charge < -0.3 is 20.5 Å². The molecule has 1 aromatic carbocycles. The van der Waals surface area contributed by atoms with Crippen LogP contribution in [-0.2, 0) is 6.54 Å². The van der Waals surface area contributed by atoms with Gasteiger partial charge in [-0.2, -0.15) is 0 Å². The van der Waals surface area contributed by atoms with Crippen LogP contribution in [0.3, 0.4) is 0 Å². The molecule has 2 atom stereocenters. The summed E-state index contributed by atoms with van der Waals surface area (Å²) in [7, 11) is 0. The van der Waals surface area contributed by atoms with Gasteiger partial charge in [0.25, 0.3) is 0 Å². The van der Waals surface area contributed by atoms with E-state index >= 15 is 0 Å². The van der Waals surface area contributed by atoms with Crippen molar-refractivity contribution in [2.24, 2.45) is 5.92 Å². The van der Waals surface area contributed by atoms with Crippen molar-refractivity contribution in [2.45, 2.75) is 32.6 Å². The van der Waals surface area contributed by atoms with Crippen molar-refractivity contribution in [3.05, 3.63) is 29.8 Å². The number of nitrogens with one attached hydrogen (secondary N) is 2. The fraction of sp³-hybridized carbons (Fsp3) is 0.600. The zero-order valence-electron chi connectivity index (χ0n) is 12.1. The highest BCUT2D eigenvalue weighted by atomic mass is 35.5. The molecule has 114 valence electrons. The van der Waals surface area contributed by atoms with Crippen LogP contribution in [0.1, 0.15) is 19.4 Å². The smallest absolute Gasteiger partial charge is 0.124 e. The van der Waals surface area contributed by atoms with Gasteiger partial charge in [-0.05, 0) is 19.9 Å². The Hall–Kier alpha value is -0.810. The number of hydrogen-bond acceptors (Lipinski definition) is 4. The van der Waals surface area contributed by atoms with Crippen molar-refractivity contribution >= 4 is 12.4 Å². The molecule has 2 unspecified atom stereocenters. The van der Waals surface area contributed by atoms with Crippen molar-refractivity contribution in [3.63, 3.8) is 0 Å². The summed E-state index contributed by atoms with van der Waals surface area (Å²) < 4.78 is 5.79. The van der Waals surface area contributed by atoms with Gasteiger partial charge >= 0.3 is 0 Å². The molecule has 0 radical (unpaired) electrons. The third kappa shape index (κ3) is 4.94.